The van der Waals surface area contributed by atoms with Crippen LogP contribution in [0.25, 0.3) is 0 Å². The molecule has 6 heteroatoms. The Morgan fingerprint density at radius 2 is 1.96 bits per heavy atom. The van der Waals surface area contributed by atoms with Gasteiger partial charge < -0.3 is 9.80 Å². The van der Waals surface area contributed by atoms with E-state index in [9.17, 15) is 9.59 Å². The zero-order valence-corrected chi connectivity index (χ0v) is 14.2. The number of hydrogen-bond donors (Lipinski definition) is 0. The maximum absolute atomic E-state index is 12.5. The quantitative estimate of drug-likeness (QED) is 0.841. The number of hydrogen-bond acceptors (Lipinski definition) is 3. The van der Waals surface area contributed by atoms with Gasteiger partial charge in [0.1, 0.15) is 0 Å². The van der Waals surface area contributed by atoms with Gasteiger partial charge in [0.25, 0.3) is 0 Å². The highest BCUT2D eigenvalue weighted by atomic mass is 16.2. The Morgan fingerprint density at radius 3 is 2.52 bits per heavy atom. The fourth-order valence-electron chi connectivity index (χ4n) is 3.50. The standard InChI is InChI=1S/C17H26N4O2/c1-4-21-11-13(10-18-21)12-5-7-20(8-6-12)17(23)15-9-14(15)16(22)19(2)3/h10-12,14-15H,4-9H2,1-3H3/t14-,15+/m1/s1. The van der Waals surface area contributed by atoms with Crippen molar-refractivity contribution in [3.05, 3.63) is 18.0 Å². The predicted octanol–water partition coefficient (Wildman–Crippen LogP) is 1.33. The van der Waals surface area contributed by atoms with E-state index >= 15 is 0 Å². The van der Waals surface area contributed by atoms with Crippen molar-refractivity contribution in [1.29, 1.82) is 0 Å². The molecule has 0 bridgehead atoms. The number of carbonyl (C=O) groups excluding carboxylic acids is 2. The Morgan fingerprint density at radius 1 is 1.26 bits per heavy atom. The first-order chi connectivity index (χ1) is 11.0. The monoisotopic (exact) mass is 318 g/mol. The van der Waals surface area contributed by atoms with Gasteiger partial charge in [-0.2, -0.15) is 5.10 Å². The molecule has 0 aromatic carbocycles. The molecule has 1 aliphatic carbocycles. The highest BCUT2D eigenvalue weighted by Gasteiger charge is 2.50. The lowest BCUT2D eigenvalue weighted by Crippen LogP contribution is -2.39. The molecule has 0 radical (unpaired) electrons. The van der Waals surface area contributed by atoms with Crippen LogP contribution in [0.2, 0.25) is 0 Å². The average Bonchev–Trinajstić information content (AvgIpc) is 3.22. The summed E-state index contributed by atoms with van der Waals surface area (Å²) >= 11 is 0. The van der Waals surface area contributed by atoms with Crippen molar-refractivity contribution in [2.45, 2.75) is 38.6 Å². The third kappa shape index (κ3) is 3.26. The van der Waals surface area contributed by atoms with E-state index in [1.54, 1.807) is 19.0 Å². The lowest BCUT2D eigenvalue weighted by molar-refractivity contribution is -0.137. The Bertz CT molecular complexity index is 587. The number of carbonyl (C=O) groups is 2. The lowest BCUT2D eigenvalue weighted by Gasteiger charge is -2.32. The summed E-state index contributed by atoms with van der Waals surface area (Å²) in [6.45, 7) is 4.56. The molecular formula is C17H26N4O2. The first kappa shape index (κ1) is 16.0. The molecule has 1 aliphatic heterocycles. The van der Waals surface area contributed by atoms with Gasteiger partial charge in [-0.15, -0.1) is 0 Å². The fourth-order valence-corrected chi connectivity index (χ4v) is 3.50. The maximum Gasteiger partial charge on any atom is 0.226 e. The lowest BCUT2D eigenvalue weighted by atomic mass is 9.91. The number of amides is 2. The van der Waals surface area contributed by atoms with Crippen molar-refractivity contribution in [1.82, 2.24) is 19.6 Å². The van der Waals surface area contributed by atoms with Crippen LogP contribution in [0.15, 0.2) is 12.4 Å². The third-order valence-corrected chi connectivity index (χ3v) is 5.12. The molecule has 2 amide bonds. The molecule has 0 spiro atoms. The molecule has 6 nitrogen and oxygen atoms in total. The van der Waals surface area contributed by atoms with Gasteiger partial charge in [-0.25, -0.2) is 0 Å². The van der Waals surface area contributed by atoms with Crippen molar-refractivity contribution in [2.24, 2.45) is 11.8 Å². The zero-order chi connectivity index (χ0) is 16.6. The maximum atomic E-state index is 12.5. The number of piperidine rings is 1. The zero-order valence-electron chi connectivity index (χ0n) is 14.2. The van der Waals surface area contributed by atoms with E-state index in [0.717, 1.165) is 38.9 Å². The van der Waals surface area contributed by atoms with Crippen LogP contribution in [0.3, 0.4) is 0 Å². The van der Waals surface area contributed by atoms with Crippen molar-refractivity contribution in [3.63, 3.8) is 0 Å². The van der Waals surface area contributed by atoms with E-state index in [0.29, 0.717) is 5.92 Å². The van der Waals surface area contributed by atoms with E-state index in [-0.39, 0.29) is 23.7 Å². The normalized spacial score (nSPS) is 24.6. The summed E-state index contributed by atoms with van der Waals surface area (Å²) in [6.07, 6.45) is 6.77. The topological polar surface area (TPSA) is 58.4 Å². The second-order valence-corrected chi connectivity index (χ2v) is 6.91. The van der Waals surface area contributed by atoms with Crippen LogP contribution in [0.5, 0.6) is 0 Å². The molecule has 2 heterocycles. The first-order valence-electron chi connectivity index (χ1n) is 8.53. The molecule has 3 rings (SSSR count). The van der Waals surface area contributed by atoms with Gasteiger partial charge in [0.2, 0.25) is 11.8 Å². The van der Waals surface area contributed by atoms with Crippen molar-refractivity contribution < 1.29 is 9.59 Å². The Labute approximate surface area is 137 Å². The molecule has 0 unspecified atom stereocenters. The van der Waals surface area contributed by atoms with Crippen LogP contribution in [-0.4, -0.2) is 58.6 Å². The summed E-state index contributed by atoms with van der Waals surface area (Å²) in [5.41, 5.74) is 1.28. The minimum absolute atomic E-state index is 0.0794. The summed E-state index contributed by atoms with van der Waals surface area (Å²) in [7, 11) is 3.51. The van der Waals surface area contributed by atoms with Gasteiger partial charge in [-0.05, 0) is 37.7 Å². The van der Waals surface area contributed by atoms with E-state index in [4.69, 9.17) is 0 Å². The molecule has 1 saturated carbocycles. The van der Waals surface area contributed by atoms with Gasteiger partial charge in [0, 0.05) is 39.9 Å². The van der Waals surface area contributed by atoms with Gasteiger partial charge >= 0.3 is 0 Å². The number of aryl methyl sites for hydroxylation is 1. The summed E-state index contributed by atoms with van der Waals surface area (Å²) in [5, 5.41) is 4.34. The van der Waals surface area contributed by atoms with Gasteiger partial charge in [-0.1, -0.05) is 0 Å². The predicted molar refractivity (Wildman–Crippen MR) is 86.7 cm³/mol. The van der Waals surface area contributed by atoms with Crippen LogP contribution in [0.4, 0.5) is 0 Å². The van der Waals surface area contributed by atoms with Crippen molar-refractivity contribution in [3.8, 4) is 0 Å². The third-order valence-electron chi connectivity index (χ3n) is 5.12. The molecule has 0 N–H and O–H groups in total. The van der Waals surface area contributed by atoms with Crippen molar-refractivity contribution >= 4 is 11.8 Å². The molecule has 2 fully saturated rings. The summed E-state index contributed by atoms with van der Waals surface area (Å²) < 4.78 is 1.95. The molecule has 23 heavy (non-hydrogen) atoms. The number of likely N-dealkylation sites (tertiary alicyclic amines) is 1. The SMILES string of the molecule is CCn1cc(C2CCN(C(=O)[C@H]3C[C@H]3C(=O)N(C)C)CC2)cn1. The number of aromatic nitrogens is 2. The second-order valence-electron chi connectivity index (χ2n) is 6.91. The molecular weight excluding hydrogens is 292 g/mol. The molecule has 2 atom stereocenters. The summed E-state index contributed by atoms with van der Waals surface area (Å²) in [5.74, 6) is 0.596. The summed E-state index contributed by atoms with van der Waals surface area (Å²) in [6, 6.07) is 0. The molecule has 2 aliphatic rings. The smallest absolute Gasteiger partial charge is 0.226 e. The van der Waals surface area contributed by atoms with Crippen LogP contribution in [-0.2, 0) is 16.1 Å². The Balaban J connectivity index is 1.51. The van der Waals surface area contributed by atoms with E-state index < -0.39 is 0 Å². The van der Waals surface area contributed by atoms with E-state index in [1.165, 1.54) is 5.56 Å². The average molecular weight is 318 g/mol. The van der Waals surface area contributed by atoms with Crippen LogP contribution >= 0.6 is 0 Å². The van der Waals surface area contributed by atoms with Crippen LogP contribution in [0, 0.1) is 11.8 Å². The fraction of sp³-hybridized carbons (Fsp3) is 0.706. The van der Waals surface area contributed by atoms with Gasteiger partial charge in [-0.3, -0.25) is 14.3 Å². The van der Waals surface area contributed by atoms with E-state index in [2.05, 4.69) is 18.2 Å². The molecule has 126 valence electrons. The Kier molecular flexibility index (Phi) is 4.41. The highest BCUT2D eigenvalue weighted by molar-refractivity contribution is 5.92. The van der Waals surface area contributed by atoms with E-state index in [1.807, 2.05) is 15.8 Å². The second kappa shape index (κ2) is 6.34. The van der Waals surface area contributed by atoms with Crippen LogP contribution in [0.1, 0.15) is 37.7 Å². The molecule has 1 aromatic rings. The molecule has 1 aromatic heterocycles. The molecule has 1 saturated heterocycles. The number of nitrogens with zero attached hydrogens (tertiary/aromatic N) is 4. The first-order valence-corrected chi connectivity index (χ1v) is 8.53. The van der Waals surface area contributed by atoms with Gasteiger partial charge in [0.15, 0.2) is 0 Å². The highest BCUT2D eigenvalue weighted by Crippen LogP contribution is 2.42. The Hall–Kier alpha value is -1.85. The number of rotatable bonds is 4. The van der Waals surface area contributed by atoms with Gasteiger partial charge in [0.05, 0.1) is 18.0 Å². The minimum atomic E-state index is -0.0852. The van der Waals surface area contributed by atoms with Crippen molar-refractivity contribution in [2.75, 3.05) is 27.2 Å². The summed E-state index contributed by atoms with van der Waals surface area (Å²) in [4.78, 5) is 28.0. The minimum Gasteiger partial charge on any atom is -0.349 e. The largest absolute Gasteiger partial charge is 0.349 e. The van der Waals surface area contributed by atoms with Crippen LogP contribution < -0.4 is 0 Å².